The predicted molar refractivity (Wildman–Crippen MR) is 98.8 cm³/mol. The van der Waals surface area contributed by atoms with Crippen LogP contribution < -0.4 is 0 Å². The first-order valence-corrected chi connectivity index (χ1v) is 8.82. The molecule has 0 amide bonds. The van der Waals surface area contributed by atoms with Crippen molar-refractivity contribution in [2.45, 2.75) is 51.3 Å². The van der Waals surface area contributed by atoms with Crippen LogP contribution in [0.4, 0.5) is 0 Å². The minimum absolute atomic E-state index is 0.429. The SMILES string of the molecule is Cc1ccc(-c2ccc([C@H]3OC(CO)[C@@H](O)C(O)C3O)c(C)c2)c(C)c1. The summed E-state index contributed by atoms with van der Waals surface area (Å²) in [5.41, 5.74) is 6.24. The maximum atomic E-state index is 10.3. The summed E-state index contributed by atoms with van der Waals surface area (Å²) in [6.45, 7) is 5.62. The normalized spacial score (nSPS) is 29.0. The van der Waals surface area contributed by atoms with Gasteiger partial charge < -0.3 is 25.2 Å². The Morgan fingerprint density at radius 2 is 1.58 bits per heavy atom. The number of ether oxygens (including phenoxy) is 1. The lowest BCUT2D eigenvalue weighted by molar-refractivity contribution is -0.231. The summed E-state index contributed by atoms with van der Waals surface area (Å²) in [6, 6.07) is 12.2. The van der Waals surface area contributed by atoms with Crippen molar-refractivity contribution in [2.75, 3.05) is 6.61 Å². The van der Waals surface area contributed by atoms with E-state index in [2.05, 4.69) is 32.0 Å². The van der Waals surface area contributed by atoms with Gasteiger partial charge in [-0.15, -0.1) is 0 Å². The molecule has 1 aliphatic rings. The van der Waals surface area contributed by atoms with Crippen molar-refractivity contribution >= 4 is 0 Å². The first-order chi connectivity index (χ1) is 12.3. The molecular weight excluding hydrogens is 332 g/mol. The van der Waals surface area contributed by atoms with E-state index in [9.17, 15) is 20.4 Å². The Balaban J connectivity index is 1.94. The zero-order valence-corrected chi connectivity index (χ0v) is 15.3. The molecule has 1 fully saturated rings. The van der Waals surface area contributed by atoms with E-state index in [4.69, 9.17) is 4.74 Å². The topological polar surface area (TPSA) is 90.2 Å². The lowest BCUT2D eigenvalue weighted by Crippen LogP contribution is -2.55. The Morgan fingerprint density at radius 3 is 2.19 bits per heavy atom. The summed E-state index contributed by atoms with van der Waals surface area (Å²) in [4.78, 5) is 0. The highest BCUT2D eigenvalue weighted by molar-refractivity contribution is 5.68. The van der Waals surface area contributed by atoms with Crippen molar-refractivity contribution in [1.29, 1.82) is 0 Å². The Labute approximate surface area is 153 Å². The standard InChI is InChI=1S/C21H26O5/c1-11-4-6-15(12(2)8-11)14-5-7-16(13(3)9-14)21-20(25)19(24)18(23)17(10-22)26-21/h4-9,17-25H,10H2,1-3H3/t17?,18-,19?,20?,21-/m1/s1. The molecule has 1 heterocycles. The summed E-state index contributed by atoms with van der Waals surface area (Å²) >= 11 is 0. The maximum Gasteiger partial charge on any atom is 0.113 e. The zero-order chi connectivity index (χ0) is 19.0. The summed E-state index contributed by atoms with van der Waals surface area (Å²) in [5, 5.41) is 39.7. The van der Waals surface area contributed by atoms with Gasteiger partial charge in [-0.05, 0) is 48.6 Å². The van der Waals surface area contributed by atoms with Crippen LogP contribution in [0.25, 0.3) is 11.1 Å². The highest BCUT2D eigenvalue weighted by Gasteiger charge is 2.44. The average Bonchev–Trinajstić information content (AvgIpc) is 2.60. The van der Waals surface area contributed by atoms with Crippen molar-refractivity contribution in [3.8, 4) is 11.1 Å². The molecule has 0 aliphatic carbocycles. The second-order valence-corrected chi connectivity index (χ2v) is 7.14. The van der Waals surface area contributed by atoms with Crippen LogP contribution in [0.3, 0.4) is 0 Å². The molecule has 0 aromatic heterocycles. The van der Waals surface area contributed by atoms with Gasteiger partial charge in [0, 0.05) is 0 Å². The van der Waals surface area contributed by atoms with Gasteiger partial charge in [-0.2, -0.15) is 0 Å². The van der Waals surface area contributed by atoms with E-state index in [1.807, 2.05) is 25.1 Å². The van der Waals surface area contributed by atoms with Crippen LogP contribution >= 0.6 is 0 Å². The summed E-state index contributed by atoms with van der Waals surface area (Å²) in [6.07, 6.45) is -5.70. The molecular formula is C21H26O5. The van der Waals surface area contributed by atoms with Gasteiger partial charge in [-0.1, -0.05) is 42.0 Å². The smallest absolute Gasteiger partial charge is 0.113 e. The quantitative estimate of drug-likeness (QED) is 0.672. The van der Waals surface area contributed by atoms with Crippen LogP contribution in [0.15, 0.2) is 36.4 Å². The van der Waals surface area contributed by atoms with Crippen LogP contribution in [0.5, 0.6) is 0 Å². The molecule has 0 radical (unpaired) electrons. The number of aliphatic hydroxyl groups is 4. The van der Waals surface area contributed by atoms with Crippen LogP contribution in [0.1, 0.15) is 28.4 Å². The van der Waals surface area contributed by atoms with Gasteiger partial charge in [-0.3, -0.25) is 0 Å². The number of hydrogen-bond acceptors (Lipinski definition) is 5. The minimum atomic E-state index is -1.37. The van der Waals surface area contributed by atoms with Gasteiger partial charge in [0.2, 0.25) is 0 Å². The molecule has 5 nitrogen and oxygen atoms in total. The second-order valence-electron chi connectivity index (χ2n) is 7.14. The molecule has 0 bridgehead atoms. The number of benzene rings is 2. The van der Waals surface area contributed by atoms with Crippen LogP contribution in [0.2, 0.25) is 0 Å². The summed E-state index contributed by atoms with van der Waals surface area (Å²) in [7, 11) is 0. The molecule has 3 rings (SSSR count). The van der Waals surface area contributed by atoms with Gasteiger partial charge >= 0.3 is 0 Å². The van der Waals surface area contributed by atoms with Gasteiger partial charge in [0.1, 0.15) is 30.5 Å². The van der Waals surface area contributed by atoms with Gasteiger partial charge in [-0.25, -0.2) is 0 Å². The third-order valence-electron chi connectivity index (χ3n) is 5.16. The molecule has 140 valence electrons. The monoisotopic (exact) mass is 358 g/mol. The third kappa shape index (κ3) is 3.41. The Bertz CT molecular complexity index is 786. The van der Waals surface area contributed by atoms with E-state index >= 15 is 0 Å². The Kier molecular flexibility index (Phi) is 5.46. The van der Waals surface area contributed by atoms with E-state index in [0.717, 1.165) is 22.3 Å². The lowest BCUT2D eigenvalue weighted by Gasteiger charge is -2.40. The molecule has 0 saturated carbocycles. The lowest BCUT2D eigenvalue weighted by atomic mass is 9.88. The highest BCUT2D eigenvalue weighted by atomic mass is 16.5. The molecule has 26 heavy (non-hydrogen) atoms. The largest absolute Gasteiger partial charge is 0.394 e. The number of hydrogen-bond donors (Lipinski definition) is 4. The van der Waals surface area contributed by atoms with E-state index in [-0.39, 0.29) is 0 Å². The number of aryl methyl sites for hydroxylation is 3. The fraction of sp³-hybridized carbons (Fsp3) is 0.429. The van der Waals surface area contributed by atoms with Crippen LogP contribution in [-0.2, 0) is 4.74 Å². The summed E-state index contributed by atoms with van der Waals surface area (Å²) < 4.78 is 5.67. The average molecular weight is 358 g/mol. The van der Waals surface area contributed by atoms with Crippen molar-refractivity contribution in [3.63, 3.8) is 0 Å². The second kappa shape index (κ2) is 7.47. The fourth-order valence-corrected chi connectivity index (χ4v) is 3.66. The van der Waals surface area contributed by atoms with E-state index in [1.54, 1.807) is 0 Å². The maximum absolute atomic E-state index is 10.3. The number of aliphatic hydroxyl groups excluding tert-OH is 4. The van der Waals surface area contributed by atoms with Crippen molar-refractivity contribution in [1.82, 2.24) is 0 Å². The van der Waals surface area contributed by atoms with E-state index in [1.165, 1.54) is 11.1 Å². The van der Waals surface area contributed by atoms with Crippen molar-refractivity contribution in [3.05, 3.63) is 58.7 Å². The fourth-order valence-electron chi connectivity index (χ4n) is 3.66. The molecule has 0 spiro atoms. The molecule has 1 saturated heterocycles. The van der Waals surface area contributed by atoms with Gasteiger partial charge in [0.15, 0.2) is 0 Å². The predicted octanol–water partition coefficient (Wildman–Crippen LogP) is 1.79. The van der Waals surface area contributed by atoms with E-state index in [0.29, 0.717) is 0 Å². The highest BCUT2D eigenvalue weighted by Crippen LogP contribution is 2.35. The third-order valence-corrected chi connectivity index (χ3v) is 5.16. The summed E-state index contributed by atoms with van der Waals surface area (Å²) in [5.74, 6) is 0. The van der Waals surface area contributed by atoms with Gasteiger partial charge in [0.05, 0.1) is 6.61 Å². The molecule has 2 aromatic rings. The van der Waals surface area contributed by atoms with Crippen molar-refractivity contribution < 1.29 is 25.2 Å². The van der Waals surface area contributed by atoms with E-state index < -0.39 is 37.1 Å². The molecule has 1 aliphatic heterocycles. The minimum Gasteiger partial charge on any atom is -0.394 e. The Morgan fingerprint density at radius 1 is 0.846 bits per heavy atom. The first-order valence-electron chi connectivity index (χ1n) is 8.82. The van der Waals surface area contributed by atoms with Crippen molar-refractivity contribution in [2.24, 2.45) is 0 Å². The molecule has 5 atom stereocenters. The Hall–Kier alpha value is -1.76. The molecule has 2 aromatic carbocycles. The first kappa shape index (κ1) is 19.0. The molecule has 5 heteroatoms. The van der Waals surface area contributed by atoms with Crippen LogP contribution in [0, 0.1) is 20.8 Å². The molecule has 4 N–H and O–H groups in total. The molecule has 3 unspecified atom stereocenters. The number of rotatable bonds is 3. The zero-order valence-electron chi connectivity index (χ0n) is 15.3. The van der Waals surface area contributed by atoms with Gasteiger partial charge in [0.25, 0.3) is 0 Å². The van der Waals surface area contributed by atoms with Crippen LogP contribution in [-0.4, -0.2) is 51.4 Å².